The Morgan fingerprint density at radius 1 is 0.493 bits per heavy atom. The van der Waals surface area contributed by atoms with E-state index in [1.165, 1.54) is 6.92 Å². The average Bonchev–Trinajstić information content (AvgIpc) is 3.25. The SMILES string of the molecule is CC(=O)N[C@@H]1[C@@H](O[C@H](C)C(=O)O)[C@H](O[C@@H]2O[C@H](CO)[C@@H](O[C@@H]3O[C@H](CO)[C@@H](O[C@@H]4O[C@H](CO)[C@@H](O)[C@H](O)[C@H]4NC(C)=O)[C@H](O[C@H](C)C(N)=O)[C@H]3NC(C)=O)[C@H](O)[C@H]2NC(C)=O)[C@@H](CO)O[C@H]1O. The highest BCUT2D eigenvalue weighted by atomic mass is 16.8. The molecular weight excluding hydrogens is 910 g/mol. The highest BCUT2D eigenvalue weighted by molar-refractivity contribution is 5.78. The summed E-state index contributed by atoms with van der Waals surface area (Å²) in [7, 11) is 0. The van der Waals surface area contributed by atoms with E-state index in [-0.39, 0.29) is 0 Å². The lowest BCUT2D eigenvalue weighted by Gasteiger charge is -2.52. The molecule has 0 radical (unpaired) electrons. The van der Waals surface area contributed by atoms with Crippen LogP contribution in [0.5, 0.6) is 0 Å². The van der Waals surface area contributed by atoms with Crippen LogP contribution in [0.3, 0.4) is 0 Å². The average molecular weight is 974 g/mol. The first-order valence-corrected chi connectivity index (χ1v) is 21.1. The predicted molar refractivity (Wildman–Crippen MR) is 214 cm³/mol. The lowest BCUT2D eigenvalue weighted by molar-refractivity contribution is -0.366. The fourth-order valence-electron chi connectivity index (χ4n) is 8.05. The molecular formula is C38H63N5O24. The van der Waals surface area contributed by atoms with E-state index in [1.807, 2.05) is 0 Å². The molecule has 4 heterocycles. The number of aliphatic hydroxyl groups excluding tert-OH is 8. The number of ether oxygens (including phenoxy) is 9. The number of carbonyl (C=O) groups is 6. The molecule has 22 atom stereocenters. The van der Waals surface area contributed by atoms with Crippen LogP contribution in [0, 0.1) is 0 Å². The molecule has 4 rings (SSSR count). The molecule has 384 valence electrons. The molecule has 0 aliphatic carbocycles. The van der Waals surface area contributed by atoms with Gasteiger partial charge in [-0.3, -0.25) is 24.0 Å². The Kier molecular flexibility index (Phi) is 20.5. The van der Waals surface area contributed by atoms with Gasteiger partial charge in [0, 0.05) is 27.7 Å². The zero-order valence-electron chi connectivity index (χ0n) is 37.3. The summed E-state index contributed by atoms with van der Waals surface area (Å²) in [5.41, 5.74) is 5.54. The number of carboxylic acids is 1. The Morgan fingerprint density at radius 2 is 0.851 bits per heavy atom. The number of aliphatic carboxylic acids is 1. The van der Waals surface area contributed by atoms with Crippen molar-refractivity contribution in [3.8, 4) is 0 Å². The molecule has 0 saturated carbocycles. The zero-order valence-corrected chi connectivity index (χ0v) is 37.3. The number of carboxylic acid groups (broad SMARTS) is 1. The van der Waals surface area contributed by atoms with Crippen LogP contribution in [0.1, 0.15) is 41.5 Å². The van der Waals surface area contributed by atoms with Crippen LogP contribution < -0.4 is 27.0 Å². The van der Waals surface area contributed by atoms with Gasteiger partial charge in [0.15, 0.2) is 31.3 Å². The predicted octanol–water partition coefficient (Wildman–Crippen LogP) is -8.78. The van der Waals surface area contributed by atoms with Crippen LogP contribution >= 0.6 is 0 Å². The molecule has 0 spiro atoms. The molecule has 0 bridgehead atoms. The van der Waals surface area contributed by atoms with E-state index < -0.39 is 197 Å². The Labute approximate surface area is 382 Å². The van der Waals surface area contributed by atoms with E-state index in [2.05, 4.69) is 21.3 Å². The van der Waals surface area contributed by atoms with Gasteiger partial charge < -0.3 is 116 Å². The number of hydrogen-bond acceptors (Lipinski definition) is 23. The number of nitrogens with two attached hydrogens (primary N) is 1. The second-order valence-electron chi connectivity index (χ2n) is 16.3. The monoisotopic (exact) mass is 973 g/mol. The van der Waals surface area contributed by atoms with Crippen molar-refractivity contribution < 1.29 is 117 Å². The van der Waals surface area contributed by atoms with Gasteiger partial charge >= 0.3 is 5.97 Å². The van der Waals surface area contributed by atoms with Gasteiger partial charge in [0.05, 0.1) is 26.4 Å². The number of hydrogen-bond donors (Lipinski definition) is 14. The fraction of sp³-hybridized carbons (Fsp3) is 0.842. The van der Waals surface area contributed by atoms with E-state index in [9.17, 15) is 74.7 Å². The summed E-state index contributed by atoms with van der Waals surface area (Å²) in [6.07, 6.45) is -30.9. The van der Waals surface area contributed by atoms with Crippen molar-refractivity contribution in [1.29, 1.82) is 0 Å². The first-order valence-electron chi connectivity index (χ1n) is 21.1. The molecule has 4 aliphatic heterocycles. The Bertz CT molecular complexity index is 1700. The van der Waals surface area contributed by atoms with Crippen LogP contribution in [0.15, 0.2) is 0 Å². The molecule has 15 N–H and O–H groups in total. The Hall–Kier alpha value is -3.86. The second-order valence-corrected chi connectivity index (χ2v) is 16.3. The molecule has 67 heavy (non-hydrogen) atoms. The number of aliphatic hydroxyl groups is 8. The van der Waals surface area contributed by atoms with Crippen molar-refractivity contribution in [2.45, 2.75) is 176 Å². The third-order valence-corrected chi connectivity index (χ3v) is 11.2. The van der Waals surface area contributed by atoms with E-state index in [4.69, 9.17) is 48.4 Å². The largest absolute Gasteiger partial charge is 0.479 e. The maximum absolute atomic E-state index is 12.9. The second kappa shape index (κ2) is 24.6. The molecule has 0 aromatic rings. The molecule has 0 aromatic carbocycles. The van der Waals surface area contributed by atoms with E-state index in [1.54, 1.807) is 0 Å². The van der Waals surface area contributed by atoms with Crippen LogP contribution in [0.25, 0.3) is 0 Å². The third kappa shape index (κ3) is 13.7. The van der Waals surface area contributed by atoms with Crippen LogP contribution in [0.4, 0.5) is 0 Å². The van der Waals surface area contributed by atoms with Crippen molar-refractivity contribution in [1.82, 2.24) is 21.3 Å². The quantitative estimate of drug-likeness (QED) is 0.0539. The van der Waals surface area contributed by atoms with Gasteiger partial charge in [-0.15, -0.1) is 0 Å². The Balaban J connectivity index is 1.75. The van der Waals surface area contributed by atoms with Crippen molar-refractivity contribution >= 4 is 35.5 Å². The lowest BCUT2D eigenvalue weighted by Crippen LogP contribution is -2.72. The summed E-state index contributed by atoms with van der Waals surface area (Å²) < 4.78 is 53.7. The van der Waals surface area contributed by atoms with Crippen molar-refractivity contribution in [3.05, 3.63) is 0 Å². The number of nitrogens with one attached hydrogen (secondary N) is 4. The van der Waals surface area contributed by atoms with Gasteiger partial charge in [0.2, 0.25) is 29.5 Å². The van der Waals surface area contributed by atoms with Gasteiger partial charge in [-0.25, -0.2) is 4.79 Å². The van der Waals surface area contributed by atoms with E-state index in [0.717, 1.165) is 34.6 Å². The van der Waals surface area contributed by atoms with Gasteiger partial charge in [0.25, 0.3) is 0 Å². The highest BCUT2D eigenvalue weighted by Gasteiger charge is 2.57. The van der Waals surface area contributed by atoms with Crippen LogP contribution in [-0.2, 0) is 71.4 Å². The summed E-state index contributed by atoms with van der Waals surface area (Å²) >= 11 is 0. The summed E-state index contributed by atoms with van der Waals surface area (Å²) in [6, 6.07) is -6.44. The molecule has 0 unspecified atom stereocenters. The summed E-state index contributed by atoms with van der Waals surface area (Å²) in [4.78, 5) is 74.2. The van der Waals surface area contributed by atoms with Gasteiger partial charge in [-0.1, -0.05) is 0 Å². The normalized spacial score (nSPS) is 39.9. The van der Waals surface area contributed by atoms with Gasteiger partial charge in [-0.2, -0.15) is 0 Å². The zero-order chi connectivity index (χ0) is 50.2. The molecule has 4 aliphatic rings. The minimum Gasteiger partial charge on any atom is -0.479 e. The maximum atomic E-state index is 12.9. The molecule has 5 amide bonds. The smallest absolute Gasteiger partial charge is 0.332 e. The maximum Gasteiger partial charge on any atom is 0.332 e. The minimum absolute atomic E-state index is 0.722. The number of primary amides is 1. The van der Waals surface area contributed by atoms with Gasteiger partial charge in [0.1, 0.15) is 104 Å². The summed E-state index contributed by atoms with van der Waals surface area (Å²) in [5, 5.41) is 105. The van der Waals surface area contributed by atoms with E-state index >= 15 is 0 Å². The van der Waals surface area contributed by atoms with E-state index in [0.29, 0.717) is 0 Å². The van der Waals surface area contributed by atoms with Gasteiger partial charge in [-0.05, 0) is 13.8 Å². The fourth-order valence-corrected chi connectivity index (χ4v) is 8.05. The van der Waals surface area contributed by atoms with Crippen molar-refractivity contribution in [2.24, 2.45) is 5.73 Å². The number of rotatable bonds is 20. The van der Waals surface area contributed by atoms with Crippen molar-refractivity contribution in [3.63, 3.8) is 0 Å². The first-order chi connectivity index (χ1) is 31.5. The molecule has 4 saturated heterocycles. The van der Waals surface area contributed by atoms with Crippen LogP contribution in [0.2, 0.25) is 0 Å². The molecule has 4 fully saturated rings. The standard InChI is InChI=1S/C38H63N5O24/c1-11(33(39)55)59-32-24(43-16(6)51)38(64-20(10-47)30(32)67-36-21(40-13(3)48)26(53)25(52)17(7-44)62-36)65-28-18(8-45)63-37(22(27(28)54)41-14(4)49)66-29-19(9-46)61-35(58)23(42-15(5)50)31(29)60-12(2)34(56)57/h11-12,17-32,35-38,44-47,52-54,58H,7-10H2,1-6H3,(H2,39,55)(H,40,48)(H,41,49)(H,42,50)(H,43,51)(H,56,57)/t11-,12-,17-,18-,19-,20-,21-,22-,23-,24-,25-,26-,27-,28-,29-,30-,31-,32-,35-,36+,37+,38+/m1/s1. The summed E-state index contributed by atoms with van der Waals surface area (Å²) in [5.74, 6) is -5.56. The third-order valence-electron chi connectivity index (χ3n) is 11.2. The number of carbonyl (C=O) groups excluding carboxylic acids is 5. The number of amides is 5. The minimum atomic E-state index is -2.00. The van der Waals surface area contributed by atoms with Crippen LogP contribution in [-0.4, -0.2) is 243 Å². The molecule has 29 heteroatoms. The van der Waals surface area contributed by atoms with Crippen molar-refractivity contribution in [2.75, 3.05) is 26.4 Å². The lowest BCUT2D eigenvalue weighted by atomic mass is 9.92. The summed E-state index contributed by atoms with van der Waals surface area (Å²) in [6.45, 7) is 2.87. The highest BCUT2D eigenvalue weighted by Crippen LogP contribution is 2.36. The molecule has 0 aromatic heterocycles. The first kappa shape index (κ1) is 55.7. The Morgan fingerprint density at radius 3 is 1.30 bits per heavy atom. The molecule has 29 nitrogen and oxygen atoms in total. The topological polar surface area (TPSA) is 442 Å².